The number of benzene rings is 1. The van der Waals surface area contributed by atoms with E-state index in [-0.39, 0.29) is 5.69 Å². The summed E-state index contributed by atoms with van der Waals surface area (Å²) in [5.74, 6) is -0.562. The Kier molecular flexibility index (Phi) is 4.30. The molecule has 0 fully saturated rings. The fourth-order valence-corrected chi connectivity index (χ4v) is 3.06. The lowest BCUT2D eigenvalue weighted by Gasteiger charge is -2.06. The van der Waals surface area contributed by atoms with Gasteiger partial charge in [-0.05, 0) is 31.5 Å². The number of amides is 1. The average Bonchev–Trinajstić information content (AvgIpc) is 3.13. The highest BCUT2D eigenvalue weighted by Crippen LogP contribution is 2.30. The molecule has 1 aromatic carbocycles. The molecular weight excluding hydrogens is 340 g/mol. The first kappa shape index (κ1) is 16.7. The number of hydrogen-bond acceptors (Lipinski definition) is 4. The van der Waals surface area contributed by atoms with Crippen molar-refractivity contribution in [2.24, 2.45) is 5.73 Å². The summed E-state index contributed by atoms with van der Waals surface area (Å²) in [4.78, 5) is 11.4. The minimum atomic E-state index is -0.562. The van der Waals surface area contributed by atoms with Crippen LogP contribution in [0.15, 0.2) is 24.4 Å². The molecule has 2 heterocycles. The molecule has 3 N–H and O–H groups in total. The number of aromatic nitrogens is 4. The zero-order valence-corrected chi connectivity index (χ0v) is 14.4. The second-order valence-electron chi connectivity index (χ2n) is 5.64. The fourth-order valence-electron chi connectivity index (χ4n) is 2.84. The lowest BCUT2D eigenvalue weighted by Crippen LogP contribution is -2.15. The highest BCUT2D eigenvalue weighted by Gasteiger charge is 2.17. The van der Waals surface area contributed by atoms with E-state index in [9.17, 15) is 4.79 Å². The molecule has 8 heteroatoms. The van der Waals surface area contributed by atoms with Gasteiger partial charge in [-0.3, -0.25) is 14.6 Å². The Morgan fingerprint density at radius 2 is 2.20 bits per heavy atom. The molecule has 0 aliphatic rings. The number of carbonyl (C=O) groups is 1. The van der Waals surface area contributed by atoms with E-state index in [1.54, 1.807) is 23.0 Å². The topological polar surface area (TPSA) is 113 Å². The molecule has 7 nitrogen and oxygen atoms in total. The van der Waals surface area contributed by atoms with Crippen LogP contribution in [0, 0.1) is 25.2 Å². The van der Waals surface area contributed by atoms with Gasteiger partial charge in [0.15, 0.2) is 0 Å². The second kappa shape index (κ2) is 6.42. The van der Waals surface area contributed by atoms with E-state index in [1.807, 2.05) is 26.0 Å². The van der Waals surface area contributed by atoms with Crippen molar-refractivity contribution in [3.05, 3.63) is 57.6 Å². The minimum Gasteiger partial charge on any atom is -0.364 e. The average molecular weight is 355 g/mol. The Labute approximate surface area is 149 Å². The number of nitrogens with zero attached hydrogens (tertiary/aromatic N) is 4. The number of nitrogens with two attached hydrogens (primary N) is 1. The Balaban J connectivity index is 2.02. The summed E-state index contributed by atoms with van der Waals surface area (Å²) < 4.78 is 1.79. The number of H-pyrrole nitrogens is 1. The Hall–Kier alpha value is -3.11. The Morgan fingerprint density at radius 3 is 2.84 bits per heavy atom. The summed E-state index contributed by atoms with van der Waals surface area (Å²) in [7, 11) is 0. The number of nitrogens with one attached hydrogen (secondary N) is 1. The van der Waals surface area contributed by atoms with Gasteiger partial charge in [-0.25, -0.2) is 0 Å². The third-order valence-corrected chi connectivity index (χ3v) is 4.36. The zero-order valence-electron chi connectivity index (χ0n) is 13.7. The van der Waals surface area contributed by atoms with Gasteiger partial charge >= 0.3 is 0 Å². The molecule has 0 unspecified atom stereocenters. The summed E-state index contributed by atoms with van der Waals surface area (Å²) in [6, 6.07) is 7.34. The number of carbonyl (C=O) groups excluding carboxylic acids is 1. The predicted octanol–water partition coefficient (Wildman–Crippen LogP) is 2.56. The number of aryl methyl sites for hydroxylation is 1. The molecule has 0 saturated carbocycles. The van der Waals surface area contributed by atoms with Gasteiger partial charge in [0.1, 0.15) is 11.8 Å². The smallest absolute Gasteiger partial charge is 0.267 e. The third-order valence-electron chi connectivity index (χ3n) is 4.04. The van der Waals surface area contributed by atoms with Gasteiger partial charge in [-0.2, -0.15) is 15.5 Å². The molecular formula is C17H15ClN6O. The zero-order chi connectivity index (χ0) is 18.1. The quantitative estimate of drug-likeness (QED) is 0.749. The summed E-state index contributed by atoms with van der Waals surface area (Å²) in [6.07, 6.45) is 1.56. The van der Waals surface area contributed by atoms with E-state index in [4.69, 9.17) is 22.6 Å². The van der Waals surface area contributed by atoms with E-state index in [0.717, 1.165) is 22.5 Å². The summed E-state index contributed by atoms with van der Waals surface area (Å²) in [6.45, 7) is 4.20. The van der Waals surface area contributed by atoms with E-state index in [2.05, 4.69) is 15.3 Å². The monoisotopic (exact) mass is 354 g/mol. The molecule has 0 atom stereocenters. The van der Waals surface area contributed by atoms with Crippen molar-refractivity contribution < 1.29 is 4.79 Å². The maximum atomic E-state index is 11.4. The lowest BCUT2D eigenvalue weighted by molar-refractivity contribution is 0.0994. The molecule has 3 aromatic rings. The van der Waals surface area contributed by atoms with Crippen LogP contribution >= 0.6 is 11.6 Å². The van der Waals surface area contributed by atoms with Crippen LogP contribution in [-0.4, -0.2) is 25.9 Å². The molecule has 0 bridgehead atoms. The van der Waals surface area contributed by atoms with Crippen molar-refractivity contribution in [1.29, 1.82) is 5.26 Å². The molecule has 0 spiro atoms. The first-order valence-electron chi connectivity index (χ1n) is 7.48. The predicted molar refractivity (Wildman–Crippen MR) is 93.1 cm³/mol. The van der Waals surface area contributed by atoms with Gasteiger partial charge in [0, 0.05) is 16.8 Å². The van der Waals surface area contributed by atoms with Crippen LogP contribution in [0.25, 0.3) is 11.1 Å². The van der Waals surface area contributed by atoms with Gasteiger partial charge in [-0.1, -0.05) is 17.7 Å². The molecule has 0 radical (unpaired) electrons. The molecule has 1 amide bonds. The highest BCUT2D eigenvalue weighted by atomic mass is 35.5. The van der Waals surface area contributed by atoms with Crippen LogP contribution in [0.4, 0.5) is 0 Å². The lowest BCUT2D eigenvalue weighted by atomic mass is 10.0. The number of rotatable bonds is 4. The van der Waals surface area contributed by atoms with Crippen LogP contribution in [0.5, 0.6) is 0 Å². The molecule has 126 valence electrons. The van der Waals surface area contributed by atoms with Crippen molar-refractivity contribution in [1.82, 2.24) is 20.0 Å². The van der Waals surface area contributed by atoms with Crippen LogP contribution in [0.1, 0.15) is 33.0 Å². The maximum absolute atomic E-state index is 11.4. The molecule has 3 rings (SSSR count). The van der Waals surface area contributed by atoms with Crippen LogP contribution in [-0.2, 0) is 6.54 Å². The molecule has 25 heavy (non-hydrogen) atoms. The first-order valence-corrected chi connectivity index (χ1v) is 7.86. The van der Waals surface area contributed by atoms with Crippen LogP contribution < -0.4 is 5.73 Å². The van der Waals surface area contributed by atoms with Crippen molar-refractivity contribution in [2.75, 3.05) is 0 Å². The van der Waals surface area contributed by atoms with E-state index < -0.39 is 5.91 Å². The number of primary amides is 1. The Bertz CT molecular complexity index is 1010. The number of aromatic amines is 1. The number of nitriles is 1. The third kappa shape index (κ3) is 2.99. The normalized spacial score (nSPS) is 10.6. The molecule has 0 aliphatic carbocycles. The number of hydrogen-bond donors (Lipinski definition) is 2. The molecule has 0 aliphatic heterocycles. The summed E-state index contributed by atoms with van der Waals surface area (Å²) in [5, 5.41) is 20.4. The van der Waals surface area contributed by atoms with Crippen LogP contribution in [0.3, 0.4) is 0 Å². The molecule has 2 aromatic heterocycles. The van der Waals surface area contributed by atoms with Gasteiger partial charge < -0.3 is 5.73 Å². The SMILES string of the molecule is Cc1nn(Cc2cn[nH]c2C(N)=O)c(C)c1-c1ccc(C#N)c(Cl)c1. The van der Waals surface area contributed by atoms with Crippen LogP contribution in [0.2, 0.25) is 5.02 Å². The largest absolute Gasteiger partial charge is 0.364 e. The van der Waals surface area contributed by atoms with E-state index in [1.165, 1.54) is 0 Å². The fraction of sp³-hybridized carbons (Fsp3) is 0.176. The van der Waals surface area contributed by atoms with Crippen molar-refractivity contribution in [3.63, 3.8) is 0 Å². The van der Waals surface area contributed by atoms with E-state index >= 15 is 0 Å². The first-order chi connectivity index (χ1) is 11.9. The highest BCUT2D eigenvalue weighted by molar-refractivity contribution is 6.32. The van der Waals surface area contributed by atoms with E-state index in [0.29, 0.717) is 22.7 Å². The number of halogens is 1. The summed E-state index contributed by atoms with van der Waals surface area (Å²) in [5.41, 5.74) is 10.3. The van der Waals surface area contributed by atoms with Crippen molar-refractivity contribution in [2.45, 2.75) is 20.4 Å². The van der Waals surface area contributed by atoms with Crippen molar-refractivity contribution >= 4 is 17.5 Å². The maximum Gasteiger partial charge on any atom is 0.267 e. The Morgan fingerprint density at radius 1 is 1.44 bits per heavy atom. The molecule has 0 saturated heterocycles. The second-order valence-corrected chi connectivity index (χ2v) is 6.05. The van der Waals surface area contributed by atoms with Gasteiger partial charge in [0.25, 0.3) is 5.91 Å². The van der Waals surface area contributed by atoms with Crippen molar-refractivity contribution in [3.8, 4) is 17.2 Å². The summed E-state index contributed by atoms with van der Waals surface area (Å²) >= 11 is 6.15. The van der Waals surface area contributed by atoms with Gasteiger partial charge in [0.05, 0.1) is 29.0 Å². The van der Waals surface area contributed by atoms with Gasteiger partial charge in [0.2, 0.25) is 0 Å². The van der Waals surface area contributed by atoms with Gasteiger partial charge in [-0.15, -0.1) is 0 Å². The standard InChI is InChI=1S/C17H15ClN6O/c1-9-15(11-3-4-12(6-19)14(18)5-11)10(2)24(23-9)8-13-7-21-22-16(13)17(20)25/h3-5,7H,8H2,1-2H3,(H2,20,25)(H,21,22). The minimum absolute atomic E-state index is 0.274.